The van der Waals surface area contributed by atoms with Crippen LogP contribution in [0.15, 0.2) is 0 Å². The van der Waals surface area contributed by atoms with Crippen LogP contribution in [0.3, 0.4) is 0 Å². The van der Waals surface area contributed by atoms with Crippen molar-refractivity contribution in [2.45, 2.75) is 0 Å². The molecule has 8 nitrogen and oxygen atoms in total. The third-order valence-electron chi connectivity index (χ3n) is 0. The van der Waals surface area contributed by atoms with Crippen LogP contribution in [0.2, 0.25) is 0 Å². The maximum Gasteiger partial charge on any atom is 2.00 e. The number of rotatable bonds is 0. The Kier molecular flexibility index (Phi) is 60.8. The normalized spacial score (nSPS) is 6.36. The summed E-state index contributed by atoms with van der Waals surface area (Å²) in [7, 11) is 0. The Balaban J connectivity index is -0.0000000171. The third kappa shape index (κ3) is 1560. The maximum atomic E-state index is 8.44. The smallest absolute Gasteiger partial charge is 0.784 e. The van der Waals surface area contributed by atoms with Gasteiger partial charge in [0.2, 0.25) is 0 Å². The van der Waals surface area contributed by atoms with E-state index in [0.717, 1.165) is 0 Å². The zero-order valence-electron chi connectivity index (χ0n) is 5.58. The Hall–Kier alpha value is 0.722. The van der Waals surface area contributed by atoms with Crippen LogP contribution in [0, 0.1) is 0 Å². The second kappa shape index (κ2) is 22.4. The van der Waals surface area contributed by atoms with E-state index in [1.807, 2.05) is 0 Å². The minimum atomic E-state index is -3.11. The summed E-state index contributed by atoms with van der Waals surface area (Å²) in [6.07, 6.45) is 0. The van der Waals surface area contributed by atoms with Gasteiger partial charge in [-0.05, 0) is 0 Å². The van der Waals surface area contributed by atoms with Gasteiger partial charge in [0, 0.05) is 0 Å². The van der Waals surface area contributed by atoms with Gasteiger partial charge in [0.15, 0.2) is 0 Å². The van der Waals surface area contributed by atoms with Crippen molar-refractivity contribution in [1.82, 2.24) is 12.3 Å². The molecule has 0 aromatic carbocycles. The van der Waals surface area contributed by atoms with Gasteiger partial charge in [-0.2, -0.15) is 0 Å². The van der Waals surface area contributed by atoms with E-state index >= 15 is 0 Å². The van der Waals surface area contributed by atoms with Crippen molar-refractivity contribution >= 4 is 22.7 Å². The minimum absolute atomic E-state index is 0. The zero-order chi connectivity index (χ0) is 7.15. The van der Waals surface area contributed by atoms with Crippen molar-refractivity contribution in [3.63, 3.8) is 0 Å². The van der Waals surface area contributed by atoms with Gasteiger partial charge in [-0.15, -0.1) is 22.7 Å². The zero-order valence-corrected chi connectivity index (χ0v) is 8.77. The van der Waals surface area contributed by atoms with E-state index in [4.69, 9.17) is 26.6 Å². The Labute approximate surface area is 82.2 Å². The monoisotopic (exact) mass is 302 g/mol. The Morgan fingerprint density at radius 1 is 0.727 bits per heavy atom. The molecule has 0 spiro atoms. The van der Waals surface area contributed by atoms with Crippen LogP contribution in [-0.2, 0) is 43.1 Å². The van der Waals surface area contributed by atoms with Crippen LogP contribution in [0.5, 0.6) is 0 Å². The molecule has 76 valence electrons. The largest absolute Gasteiger partial charge is 2.00 e. The van der Waals surface area contributed by atoms with E-state index in [2.05, 4.69) is 0 Å². The molecule has 0 aliphatic rings. The molecule has 0 aromatic heterocycles. The second-order valence-electron chi connectivity index (χ2n) is 0.408. The average Bonchev–Trinajstić information content (AvgIpc) is 1.25. The van der Waals surface area contributed by atoms with Crippen LogP contribution >= 0.6 is 0 Å². The van der Waals surface area contributed by atoms with Crippen molar-refractivity contribution in [3.05, 3.63) is 0 Å². The van der Waals surface area contributed by atoms with E-state index in [1.54, 1.807) is 0 Å². The van der Waals surface area contributed by atoms with Gasteiger partial charge in [-0.25, -0.2) is 0 Å². The molecule has 11 heteroatoms. The number of hydrogen-bond acceptors (Lipinski definition) is 6. The molecule has 0 bridgehead atoms. The second-order valence-corrected chi connectivity index (χ2v) is 1.22. The molecule has 0 aliphatic heterocycles. The van der Waals surface area contributed by atoms with Crippen molar-refractivity contribution in [3.8, 4) is 0 Å². The molecule has 0 unspecified atom stereocenters. The van der Waals surface area contributed by atoms with Gasteiger partial charge >= 0.3 is 20.4 Å². The fourth-order valence-corrected chi connectivity index (χ4v) is 0. The van der Waals surface area contributed by atoms with Crippen molar-refractivity contribution in [2.24, 2.45) is 0 Å². The first-order valence-electron chi connectivity index (χ1n) is 1.00. The minimum Gasteiger partial charge on any atom is -0.784 e. The summed E-state index contributed by atoms with van der Waals surface area (Å²) >= 11 is -6.22. The summed E-state index contributed by atoms with van der Waals surface area (Å²) in [5, 5.41) is 0. The van der Waals surface area contributed by atoms with Gasteiger partial charge < -0.3 is 30.5 Å². The standard InChI is InChI=1S/2H3N.2H2O3S.Pd/c;;2*1-4(2)3;/h2*1H3;2*(H2,1,2,3);/q;;;;+2/p-2. The summed E-state index contributed by atoms with van der Waals surface area (Å²) in [5.74, 6) is 0. The van der Waals surface area contributed by atoms with Crippen LogP contribution < -0.4 is 12.3 Å². The van der Waals surface area contributed by atoms with E-state index in [-0.39, 0.29) is 32.7 Å². The molecule has 0 rings (SSSR count). The van der Waals surface area contributed by atoms with Gasteiger partial charge in [0.1, 0.15) is 0 Å². The van der Waals surface area contributed by atoms with Gasteiger partial charge in [0.05, 0.1) is 0 Å². The van der Waals surface area contributed by atoms with Crippen LogP contribution in [0.1, 0.15) is 0 Å². The first kappa shape index (κ1) is 29.8. The summed E-state index contributed by atoms with van der Waals surface area (Å²) in [6.45, 7) is 0. The average molecular weight is 303 g/mol. The van der Waals surface area contributed by atoms with Crippen LogP contribution in [0.4, 0.5) is 0 Å². The van der Waals surface area contributed by atoms with E-state index in [0.29, 0.717) is 0 Å². The predicted molar refractivity (Wildman–Crippen MR) is 31.4 cm³/mol. The fourth-order valence-electron chi connectivity index (χ4n) is 0. The molecule has 0 fully saturated rings. The first-order chi connectivity index (χ1) is 3.46. The van der Waals surface area contributed by atoms with Crippen LogP contribution in [0.25, 0.3) is 0 Å². The molecule has 0 amide bonds. The summed E-state index contributed by atoms with van der Waals surface area (Å²) in [5.41, 5.74) is 0. The summed E-state index contributed by atoms with van der Waals surface area (Å²) < 4.78 is 50.7. The van der Waals surface area contributed by atoms with Crippen LogP contribution in [-0.4, -0.2) is 26.6 Å². The van der Waals surface area contributed by atoms with Gasteiger partial charge in [-0.1, -0.05) is 0 Å². The van der Waals surface area contributed by atoms with Crippen molar-refractivity contribution in [1.29, 1.82) is 0 Å². The molecular formula is H8N2O6PdS2. The quantitative estimate of drug-likeness (QED) is 0.413. The molecule has 0 heterocycles. The number of quaternary nitrogens is 2. The molecule has 0 atom stereocenters. The molecule has 0 aromatic rings. The fraction of sp³-hybridized carbons (Fsp3) is 0. The van der Waals surface area contributed by atoms with E-state index in [1.165, 1.54) is 0 Å². The maximum absolute atomic E-state index is 8.44. The predicted octanol–water partition coefficient (Wildman–Crippen LogP) is -1.26. The number of hydrogen-bond donors (Lipinski definition) is 2. The Morgan fingerprint density at radius 3 is 0.727 bits per heavy atom. The molecule has 0 radical (unpaired) electrons. The third-order valence-corrected chi connectivity index (χ3v) is 0. The Morgan fingerprint density at radius 2 is 0.727 bits per heavy atom. The molecular weight excluding hydrogens is 295 g/mol. The van der Waals surface area contributed by atoms with Crippen molar-refractivity contribution in [2.75, 3.05) is 0 Å². The van der Waals surface area contributed by atoms with E-state index in [9.17, 15) is 0 Å². The topological polar surface area (TPSA) is 199 Å². The molecule has 0 aliphatic carbocycles. The van der Waals surface area contributed by atoms with Gasteiger partial charge in [0.25, 0.3) is 0 Å². The SMILES string of the molecule is O=S([O-])[O-].O=S([O-])[O-].[NH4+].[NH4+].[Pd+2]. The summed E-state index contributed by atoms with van der Waals surface area (Å²) in [6, 6.07) is 0. The molecule has 8 N–H and O–H groups in total. The summed E-state index contributed by atoms with van der Waals surface area (Å²) in [4.78, 5) is 0. The molecule has 0 saturated heterocycles. The van der Waals surface area contributed by atoms with Gasteiger partial charge in [-0.3, -0.25) is 8.42 Å². The first-order valence-corrected chi connectivity index (χ1v) is 3.00. The molecule has 0 saturated carbocycles. The van der Waals surface area contributed by atoms with E-state index < -0.39 is 22.7 Å². The molecule has 11 heavy (non-hydrogen) atoms. The van der Waals surface area contributed by atoms with Crippen molar-refractivity contribution < 1.29 is 47.1 Å². The Bertz CT molecular complexity index is 76.6.